The summed E-state index contributed by atoms with van der Waals surface area (Å²) in [5, 5.41) is 10.6. The van der Waals surface area contributed by atoms with Gasteiger partial charge in [0.25, 0.3) is 0 Å². The summed E-state index contributed by atoms with van der Waals surface area (Å²) in [6, 6.07) is 7.42. The Morgan fingerprint density at radius 1 is 1.42 bits per heavy atom. The largest absolute Gasteiger partial charge is 0.469 e. The van der Waals surface area contributed by atoms with Crippen LogP contribution in [0.2, 0.25) is 0 Å². The maximum Gasteiger partial charge on any atom is 0.469 e. The number of benzene rings is 1. The Kier molecular flexibility index (Phi) is 7.33. The number of amides is 1. The zero-order valence-electron chi connectivity index (χ0n) is 17.6. The molecule has 1 amide bonds. The number of nitrogens with two attached hydrogens (primary N) is 1. The van der Waals surface area contributed by atoms with Crippen LogP contribution in [-0.2, 0) is 13.8 Å². The molecule has 1 aromatic heterocycles. The first-order valence-electron chi connectivity index (χ1n) is 9.39. The molecule has 2 aromatic rings. The Bertz CT molecular complexity index is 1120. The molecular formula is C18H21FN7O6P. The molecule has 33 heavy (non-hydrogen) atoms. The number of phosphoric ester groups is 1. The number of guanidine groups is 1. The predicted octanol–water partition coefficient (Wildman–Crippen LogP) is 2.07. The molecule has 0 aliphatic carbocycles. The molecular weight excluding hydrogens is 460 g/mol. The number of hydrogen-bond donors (Lipinski definition) is 3. The van der Waals surface area contributed by atoms with Crippen LogP contribution in [0, 0.1) is 5.82 Å². The fourth-order valence-electron chi connectivity index (χ4n) is 2.92. The standard InChI is InChI=1S/C18H21FN7O6P/c1-21-24-23-17(20)25(2)16-6-3-11(8-22-16)14-5-4-12(7-15(14)19)26-9-13(32-18(26)27)10-31-33(28,29)30/h3-8,13H,9-10H2,1-2H3,(H2,20,21,23)(H2,28,29,30). The van der Waals surface area contributed by atoms with Crippen molar-refractivity contribution in [2.75, 3.05) is 37.0 Å². The monoisotopic (exact) mass is 481 g/mol. The minimum absolute atomic E-state index is 0.0548. The molecule has 0 bridgehead atoms. The van der Waals surface area contributed by atoms with Crippen molar-refractivity contribution in [2.24, 2.45) is 21.2 Å². The van der Waals surface area contributed by atoms with Crippen molar-refractivity contribution in [3.63, 3.8) is 0 Å². The van der Waals surface area contributed by atoms with Gasteiger partial charge >= 0.3 is 13.9 Å². The van der Waals surface area contributed by atoms with Gasteiger partial charge in [-0.15, -0.1) is 0 Å². The van der Waals surface area contributed by atoms with E-state index in [0.29, 0.717) is 11.4 Å². The summed E-state index contributed by atoms with van der Waals surface area (Å²) in [5.74, 6) is -0.0901. The van der Waals surface area contributed by atoms with Crippen molar-refractivity contribution in [3.05, 3.63) is 42.3 Å². The van der Waals surface area contributed by atoms with Gasteiger partial charge in [0.15, 0.2) is 0 Å². The molecule has 1 unspecified atom stereocenters. The molecule has 1 aliphatic rings. The zero-order valence-corrected chi connectivity index (χ0v) is 18.5. The molecule has 1 saturated heterocycles. The quantitative estimate of drug-likeness (QED) is 0.176. The van der Waals surface area contributed by atoms with Crippen LogP contribution in [0.25, 0.3) is 11.1 Å². The summed E-state index contributed by atoms with van der Waals surface area (Å²) in [5.41, 5.74) is 6.73. The number of phosphoric acid groups is 1. The number of rotatable bonds is 7. The van der Waals surface area contributed by atoms with Gasteiger partial charge in [-0.05, 0) is 35.6 Å². The topological polar surface area (TPSA) is 176 Å². The fourth-order valence-corrected chi connectivity index (χ4v) is 3.28. The number of pyridine rings is 1. The van der Waals surface area contributed by atoms with Crippen molar-refractivity contribution in [1.29, 1.82) is 0 Å². The minimum atomic E-state index is -4.70. The molecule has 0 radical (unpaired) electrons. The average molecular weight is 481 g/mol. The van der Waals surface area contributed by atoms with E-state index in [2.05, 4.69) is 24.9 Å². The van der Waals surface area contributed by atoms with Gasteiger partial charge in [0.1, 0.15) is 17.7 Å². The molecule has 0 spiro atoms. The van der Waals surface area contributed by atoms with Gasteiger partial charge in [0.2, 0.25) is 5.96 Å². The Morgan fingerprint density at radius 3 is 2.79 bits per heavy atom. The Labute approximate surface area is 187 Å². The second-order valence-electron chi connectivity index (χ2n) is 6.78. The van der Waals surface area contributed by atoms with E-state index >= 15 is 0 Å². The molecule has 1 aliphatic heterocycles. The molecule has 0 saturated carbocycles. The first kappa shape index (κ1) is 24.2. The summed E-state index contributed by atoms with van der Waals surface area (Å²) >= 11 is 0. The number of anilines is 2. The lowest BCUT2D eigenvalue weighted by Gasteiger charge is -2.17. The molecule has 3 rings (SSSR count). The minimum Gasteiger partial charge on any atom is -0.441 e. The van der Waals surface area contributed by atoms with E-state index in [4.69, 9.17) is 20.3 Å². The van der Waals surface area contributed by atoms with E-state index in [1.165, 1.54) is 30.3 Å². The number of carbonyl (C=O) groups is 1. The summed E-state index contributed by atoms with van der Waals surface area (Å²) in [6.45, 7) is -0.545. The lowest BCUT2D eigenvalue weighted by Crippen LogP contribution is -2.34. The third-order valence-corrected chi connectivity index (χ3v) is 5.04. The first-order chi connectivity index (χ1) is 15.6. The molecule has 2 heterocycles. The first-order valence-corrected chi connectivity index (χ1v) is 10.9. The summed E-state index contributed by atoms with van der Waals surface area (Å²) in [6.07, 6.45) is -0.230. The lowest BCUT2D eigenvalue weighted by molar-refractivity contribution is 0.0880. The number of cyclic esters (lactones) is 1. The second-order valence-corrected chi connectivity index (χ2v) is 8.02. The summed E-state index contributed by atoms with van der Waals surface area (Å²) < 4.78 is 35.0. The number of hydrogen-bond acceptors (Lipinski definition) is 7. The Hall–Kier alpha value is -3.45. The lowest BCUT2D eigenvalue weighted by atomic mass is 10.1. The second kappa shape index (κ2) is 10.0. The van der Waals surface area contributed by atoms with Crippen LogP contribution < -0.4 is 15.5 Å². The summed E-state index contributed by atoms with van der Waals surface area (Å²) in [7, 11) is -1.61. The van der Waals surface area contributed by atoms with Crippen LogP contribution in [0.15, 0.2) is 52.0 Å². The number of nitrogens with zero attached hydrogens (tertiary/aromatic N) is 6. The highest BCUT2D eigenvalue weighted by Gasteiger charge is 2.34. The van der Waals surface area contributed by atoms with Crippen LogP contribution in [0.1, 0.15) is 0 Å². The molecule has 15 heteroatoms. The highest BCUT2D eigenvalue weighted by atomic mass is 31.2. The Balaban J connectivity index is 1.73. The summed E-state index contributed by atoms with van der Waals surface area (Å²) in [4.78, 5) is 36.5. The van der Waals surface area contributed by atoms with Crippen molar-refractivity contribution in [3.8, 4) is 11.1 Å². The van der Waals surface area contributed by atoms with Crippen LogP contribution in [-0.4, -0.2) is 60.2 Å². The average Bonchev–Trinajstić information content (AvgIpc) is 3.15. The maximum absolute atomic E-state index is 14.8. The Morgan fingerprint density at radius 2 is 2.18 bits per heavy atom. The number of carbonyl (C=O) groups excluding carboxylic acids is 1. The van der Waals surface area contributed by atoms with E-state index < -0.39 is 32.4 Å². The van der Waals surface area contributed by atoms with E-state index in [-0.39, 0.29) is 23.8 Å². The number of ether oxygens (including phenoxy) is 1. The van der Waals surface area contributed by atoms with Gasteiger partial charge in [-0.3, -0.25) is 14.3 Å². The van der Waals surface area contributed by atoms with E-state index in [1.807, 2.05) is 0 Å². The molecule has 13 nitrogen and oxygen atoms in total. The molecule has 1 fully saturated rings. The molecule has 4 N–H and O–H groups in total. The fraction of sp³-hybridized carbons (Fsp3) is 0.278. The molecule has 176 valence electrons. The van der Waals surface area contributed by atoms with Gasteiger partial charge < -0.3 is 20.3 Å². The van der Waals surface area contributed by atoms with Crippen molar-refractivity contribution in [1.82, 2.24) is 4.98 Å². The predicted molar refractivity (Wildman–Crippen MR) is 116 cm³/mol. The van der Waals surface area contributed by atoms with Crippen LogP contribution in [0.4, 0.5) is 20.7 Å². The van der Waals surface area contributed by atoms with Crippen LogP contribution in [0.3, 0.4) is 0 Å². The SMILES string of the molecule is CN=NN=C(N)N(C)c1ccc(-c2ccc(N3CC(COP(=O)(O)O)OC3=O)cc2F)cn1. The highest BCUT2D eigenvalue weighted by Crippen LogP contribution is 2.37. The van der Waals surface area contributed by atoms with Crippen molar-refractivity contribution < 1.29 is 32.8 Å². The normalized spacial score (nSPS) is 17.0. The van der Waals surface area contributed by atoms with E-state index in [1.54, 1.807) is 19.2 Å². The van der Waals surface area contributed by atoms with Gasteiger partial charge in [0, 0.05) is 24.4 Å². The molecule has 1 atom stereocenters. The van der Waals surface area contributed by atoms with E-state index in [0.717, 1.165) is 11.0 Å². The van der Waals surface area contributed by atoms with Gasteiger partial charge in [-0.1, -0.05) is 5.10 Å². The van der Waals surface area contributed by atoms with Gasteiger partial charge in [-0.2, -0.15) is 5.11 Å². The van der Waals surface area contributed by atoms with Crippen LogP contribution in [0.5, 0.6) is 0 Å². The zero-order chi connectivity index (χ0) is 24.2. The van der Waals surface area contributed by atoms with Gasteiger partial charge in [-0.25, -0.2) is 18.7 Å². The van der Waals surface area contributed by atoms with Crippen molar-refractivity contribution in [2.45, 2.75) is 6.10 Å². The van der Waals surface area contributed by atoms with Crippen LogP contribution >= 0.6 is 7.82 Å². The van der Waals surface area contributed by atoms with Crippen molar-refractivity contribution >= 4 is 31.4 Å². The smallest absolute Gasteiger partial charge is 0.441 e. The number of halogens is 1. The highest BCUT2D eigenvalue weighted by molar-refractivity contribution is 7.46. The third kappa shape index (κ3) is 6.08. The van der Waals surface area contributed by atoms with Gasteiger partial charge in [0.05, 0.1) is 25.9 Å². The maximum atomic E-state index is 14.8. The molecule has 1 aromatic carbocycles. The van der Waals surface area contributed by atoms with E-state index in [9.17, 15) is 13.8 Å². The number of aromatic nitrogens is 1. The third-order valence-electron chi connectivity index (χ3n) is 4.55.